The van der Waals surface area contributed by atoms with E-state index in [-0.39, 0.29) is 5.41 Å². The van der Waals surface area contributed by atoms with E-state index in [0.717, 1.165) is 53.0 Å². The predicted octanol–water partition coefficient (Wildman–Crippen LogP) is 6.77. The molecule has 0 spiro atoms. The molecule has 178 valence electrons. The summed E-state index contributed by atoms with van der Waals surface area (Å²) in [4.78, 5) is 26.4. The highest BCUT2D eigenvalue weighted by molar-refractivity contribution is 6.31. The highest BCUT2D eigenvalue weighted by Crippen LogP contribution is 2.36. The topological polar surface area (TPSA) is 62.6 Å². The number of aryl methyl sites for hydroxylation is 1. The van der Waals surface area contributed by atoms with Gasteiger partial charge in [-0.2, -0.15) is 0 Å². The van der Waals surface area contributed by atoms with E-state index in [4.69, 9.17) is 31.1 Å². The van der Waals surface area contributed by atoms with E-state index in [0.29, 0.717) is 23.9 Å². The molecule has 1 heterocycles. The van der Waals surface area contributed by atoms with E-state index in [1.54, 1.807) is 0 Å². The summed E-state index contributed by atoms with van der Waals surface area (Å²) in [6, 6.07) is 9.56. The second-order valence-electron chi connectivity index (χ2n) is 9.27. The average molecular weight is 473 g/mol. The van der Waals surface area contributed by atoms with Crippen molar-refractivity contribution in [3.8, 4) is 11.5 Å². The number of hydrogen-bond acceptors (Lipinski definition) is 5. The van der Waals surface area contributed by atoms with Gasteiger partial charge in [0.2, 0.25) is 5.75 Å². The minimum absolute atomic E-state index is 0.127. The summed E-state index contributed by atoms with van der Waals surface area (Å²) in [5.41, 5.74) is 3.46. The van der Waals surface area contributed by atoms with Crippen LogP contribution in [0.1, 0.15) is 70.8 Å². The van der Waals surface area contributed by atoms with Gasteiger partial charge >= 0.3 is 5.97 Å². The fraction of sp³-hybridized carbons (Fsp3) is 0.462. The third-order valence-corrected chi connectivity index (χ3v) is 5.83. The molecule has 0 aliphatic heterocycles. The average Bonchev–Trinajstić information content (AvgIpc) is 3.06. The van der Waals surface area contributed by atoms with E-state index < -0.39 is 5.97 Å². The van der Waals surface area contributed by atoms with Crippen LogP contribution < -0.4 is 9.62 Å². The van der Waals surface area contributed by atoms with Gasteiger partial charge in [0.05, 0.1) is 18.7 Å². The third kappa shape index (κ3) is 5.99. The van der Waals surface area contributed by atoms with E-state index in [2.05, 4.69) is 27.7 Å². The highest BCUT2D eigenvalue weighted by Gasteiger charge is 2.24. The Hall–Kier alpha value is -2.73. The number of carbonyl (C=O) groups excluding carboxylic acids is 1. The van der Waals surface area contributed by atoms with Crippen LogP contribution in [0.5, 0.6) is 11.5 Å². The molecule has 0 aliphatic carbocycles. The molecule has 0 aliphatic rings. The number of fused-ring (bicyclic) bond motifs is 1. The van der Waals surface area contributed by atoms with Gasteiger partial charge in [-0.05, 0) is 48.1 Å². The largest absolute Gasteiger partial charge is 0.494 e. The van der Waals surface area contributed by atoms with Crippen LogP contribution in [0.4, 0.5) is 0 Å². The number of aromatic nitrogens is 2. The number of nitrogens with zero attached hydrogens (tertiary/aromatic N) is 2. The van der Waals surface area contributed by atoms with Gasteiger partial charge in [0.25, 0.3) is 0 Å². The van der Waals surface area contributed by atoms with Crippen molar-refractivity contribution in [1.82, 2.24) is 9.55 Å². The standard InChI is InChI=1S/C26H33ClN2O4/c1-7-8-9-14-31-20-11-10-19(22(27)15-20)16-29-17(2)28-24-21(26(4,5)6)12-13-23(25(24)29)33-32-18(3)30/h10-13,15H,7-9,14,16H2,1-6H3. The third-order valence-electron chi connectivity index (χ3n) is 5.47. The smallest absolute Gasteiger partial charge is 0.352 e. The molecule has 0 saturated heterocycles. The van der Waals surface area contributed by atoms with Crippen LogP contribution in [0.25, 0.3) is 11.0 Å². The Morgan fingerprint density at radius 2 is 1.91 bits per heavy atom. The molecule has 0 N–H and O–H groups in total. The lowest BCUT2D eigenvalue weighted by Crippen LogP contribution is -2.13. The Bertz CT molecular complexity index is 1130. The Morgan fingerprint density at radius 1 is 1.15 bits per heavy atom. The summed E-state index contributed by atoms with van der Waals surface area (Å²) < 4.78 is 7.86. The molecule has 0 bridgehead atoms. The fourth-order valence-corrected chi connectivity index (χ4v) is 3.98. The highest BCUT2D eigenvalue weighted by atomic mass is 35.5. The zero-order valence-corrected chi connectivity index (χ0v) is 21.1. The molecule has 7 heteroatoms. The molecule has 0 unspecified atom stereocenters. The van der Waals surface area contributed by atoms with Crippen molar-refractivity contribution in [3.05, 3.63) is 52.3 Å². The zero-order valence-electron chi connectivity index (χ0n) is 20.3. The van der Waals surface area contributed by atoms with Crippen LogP contribution in [0.3, 0.4) is 0 Å². The van der Waals surface area contributed by atoms with Gasteiger partial charge in [-0.15, -0.1) is 0 Å². The van der Waals surface area contributed by atoms with Crippen LogP contribution >= 0.6 is 11.6 Å². The van der Waals surface area contributed by atoms with Gasteiger partial charge in [-0.3, -0.25) is 9.78 Å². The van der Waals surface area contributed by atoms with E-state index in [1.807, 2.05) is 41.8 Å². The van der Waals surface area contributed by atoms with Crippen LogP contribution in [-0.4, -0.2) is 22.1 Å². The maximum atomic E-state index is 11.3. The summed E-state index contributed by atoms with van der Waals surface area (Å²) in [6.45, 7) is 13.0. The van der Waals surface area contributed by atoms with Crippen LogP contribution in [0.2, 0.25) is 5.02 Å². The minimum Gasteiger partial charge on any atom is -0.494 e. The molecule has 0 amide bonds. The second kappa shape index (κ2) is 10.5. The molecule has 3 aromatic rings. The maximum absolute atomic E-state index is 11.3. The van der Waals surface area contributed by atoms with Crippen molar-refractivity contribution < 1.29 is 19.3 Å². The summed E-state index contributed by atoms with van der Waals surface area (Å²) in [5, 5.41) is 0.624. The van der Waals surface area contributed by atoms with Crippen molar-refractivity contribution in [1.29, 1.82) is 0 Å². The van der Waals surface area contributed by atoms with Gasteiger partial charge in [-0.1, -0.05) is 64.3 Å². The minimum atomic E-state index is -0.525. The van der Waals surface area contributed by atoms with Crippen LogP contribution in [0.15, 0.2) is 30.3 Å². The molecule has 1 aromatic heterocycles. The van der Waals surface area contributed by atoms with Crippen molar-refractivity contribution in [2.24, 2.45) is 0 Å². The lowest BCUT2D eigenvalue weighted by Gasteiger charge is -2.20. The normalized spacial score (nSPS) is 11.6. The zero-order chi connectivity index (χ0) is 24.2. The number of imidazole rings is 1. The van der Waals surface area contributed by atoms with Crippen molar-refractivity contribution in [2.45, 2.75) is 72.8 Å². The quantitative estimate of drug-likeness (QED) is 0.195. The Morgan fingerprint density at radius 3 is 2.55 bits per heavy atom. The first kappa shape index (κ1) is 24.9. The van der Waals surface area contributed by atoms with Crippen LogP contribution in [-0.2, 0) is 21.6 Å². The number of ether oxygens (including phenoxy) is 1. The number of rotatable bonds is 9. The van der Waals surface area contributed by atoms with Crippen LogP contribution in [0, 0.1) is 6.92 Å². The Kier molecular flexibility index (Phi) is 7.90. The van der Waals surface area contributed by atoms with E-state index >= 15 is 0 Å². The number of carbonyl (C=O) groups is 1. The van der Waals surface area contributed by atoms with Gasteiger partial charge in [0.15, 0.2) is 0 Å². The number of unbranched alkanes of at least 4 members (excludes halogenated alkanes) is 2. The molecule has 3 rings (SSSR count). The molecule has 0 fully saturated rings. The fourth-order valence-electron chi connectivity index (χ4n) is 3.75. The summed E-state index contributed by atoms with van der Waals surface area (Å²) in [7, 11) is 0. The molecule has 0 radical (unpaired) electrons. The molecule has 0 atom stereocenters. The summed E-state index contributed by atoms with van der Waals surface area (Å²) in [6.07, 6.45) is 3.33. The molecular formula is C26H33ClN2O4. The van der Waals surface area contributed by atoms with Gasteiger partial charge in [0.1, 0.15) is 17.1 Å². The Labute approximate surface area is 200 Å². The molecule has 6 nitrogen and oxygen atoms in total. The number of hydrogen-bond donors (Lipinski definition) is 0. The number of benzene rings is 2. The first-order valence-electron chi connectivity index (χ1n) is 11.4. The molecule has 0 saturated carbocycles. The first-order chi connectivity index (χ1) is 15.6. The SMILES string of the molecule is CCCCCOc1ccc(Cn2c(C)nc3c(C(C)(C)C)ccc(OOC(C)=O)c32)c(Cl)c1. The van der Waals surface area contributed by atoms with E-state index in [1.165, 1.54) is 6.92 Å². The van der Waals surface area contributed by atoms with Crippen molar-refractivity contribution in [3.63, 3.8) is 0 Å². The lowest BCUT2D eigenvalue weighted by atomic mass is 9.86. The molecule has 33 heavy (non-hydrogen) atoms. The number of halogens is 1. The second-order valence-corrected chi connectivity index (χ2v) is 9.68. The van der Waals surface area contributed by atoms with Gasteiger partial charge < -0.3 is 9.30 Å². The lowest BCUT2D eigenvalue weighted by molar-refractivity contribution is -0.210. The van der Waals surface area contributed by atoms with Gasteiger partial charge in [0, 0.05) is 11.9 Å². The predicted molar refractivity (Wildman–Crippen MR) is 131 cm³/mol. The Balaban J connectivity index is 1.98. The monoisotopic (exact) mass is 472 g/mol. The molecule has 2 aromatic carbocycles. The summed E-state index contributed by atoms with van der Waals surface area (Å²) in [5.74, 6) is 1.48. The molecular weight excluding hydrogens is 440 g/mol. The maximum Gasteiger partial charge on any atom is 0.352 e. The summed E-state index contributed by atoms with van der Waals surface area (Å²) >= 11 is 6.62. The van der Waals surface area contributed by atoms with Crippen molar-refractivity contribution >= 4 is 28.6 Å². The van der Waals surface area contributed by atoms with Gasteiger partial charge in [-0.25, -0.2) is 9.78 Å². The van der Waals surface area contributed by atoms with Crippen molar-refractivity contribution in [2.75, 3.05) is 6.61 Å². The first-order valence-corrected chi connectivity index (χ1v) is 11.8. The van der Waals surface area contributed by atoms with E-state index in [9.17, 15) is 4.79 Å².